The van der Waals surface area contributed by atoms with Crippen molar-refractivity contribution in [2.75, 3.05) is 47.5 Å². The van der Waals surface area contributed by atoms with Gasteiger partial charge in [0.2, 0.25) is 0 Å². The van der Waals surface area contributed by atoms with Crippen molar-refractivity contribution in [1.82, 2.24) is 0 Å². The summed E-state index contributed by atoms with van der Waals surface area (Å²) in [6.07, 6.45) is 15.3. The first kappa shape index (κ1) is 39.6. The summed E-state index contributed by atoms with van der Waals surface area (Å²) >= 11 is 0. The molecule has 0 bridgehead atoms. The van der Waals surface area contributed by atoms with Crippen LogP contribution in [0.5, 0.6) is 0 Å². The van der Waals surface area contributed by atoms with Crippen molar-refractivity contribution in [3.8, 4) is 0 Å². The quantitative estimate of drug-likeness (QED) is 0.0764. The lowest BCUT2D eigenvalue weighted by Crippen LogP contribution is -2.51. The van der Waals surface area contributed by atoms with Crippen LogP contribution in [0.25, 0.3) is 0 Å². The van der Waals surface area contributed by atoms with Gasteiger partial charge in [-0.25, -0.2) is 9.36 Å². The van der Waals surface area contributed by atoms with E-state index in [1.807, 2.05) is 21.1 Å². The van der Waals surface area contributed by atoms with Gasteiger partial charge in [-0.3, -0.25) is 9.05 Å². The fraction of sp³-hybridized carbons (Fsp3) is 0.868. The third-order valence-electron chi connectivity index (χ3n) is 12.9. The second-order valence-corrected chi connectivity index (χ2v) is 18.8. The number of likely N-dealkylation sites (N-methyl/N-ethyl adjacent to an activating group) is 1. The average molecular weight is 697 g/mol. The molecule has 0 radical (unpaired) electrons. The van der Waals surface area contributed by atoms with Crippen molar-refractivity contribution >= 4 is 14.0 Å². The molecule has 0 heterocycles. The minimum atomic E-state index is -4.32. The van der Waals surface area contributed by atoms with Gasteiger partial charge in [-0.2, -0.15) is 0 Å². The third-order valence-corrected chi connectivity index (χ3v) is 13.8. The van der Waals surface area contributed by atoms with Gasteiger partial charge >= 0.3 is 14.0 Å². The molecule has 0 aromatic heterocycles. The van der Waals surface area contributed by atoms with Crippen LogP contribution in [0.1, 0.15) is 99.3 Å². The van der Waals surface area contributed by atoms with E-state index in [0.717, 1.165) is 43.4 Å². The number of quaternary nitrogens is 1. The number of phosphoric ester groups is 1. The second kappa shape index (κ2) is 16.0. The molecule has 3 fully saturated rings. The lowest BCUT2D eigenvalue weighted by Gasteiger charge is -2.58. The van der Waals surface area contributed by atoms with Crippen molar-refractivity contribution in [3.63, 3.8) is 0 Å². The third kappa shape index (κ3) is 9.55. The van der Waals surface area contributed by atoms with Crippen molar-refractivity contribution in [2.45, 2.75) is 112 Å². The van der Waals surface area contributed by atoms with E-state index < -0.39 is 33.3 Å². The first-order valence-corrected chi connectivity index (χ1v) is 20.2. The zero-order valence-electron chi connectivity index (χ0n) is 31.4. The van der Waals surface area contributed by atoms with Crippen LogP contribution in [0.15, 0.2) is 23.8 Å². The molecule has 0 aromatic rings. The number of carbonyl (C=O) groups excluding carboxylic acids is 1. The Morgan fingerprint density at radius 3 is 2.44 bits per heavy atom. The van der Waals surface area contributed by atoms with E-state index in [4.69, 9.17) is 18.5 Å². The number of hydrogen-bond acceptors (Lipinski definition) is 7. The minimum Gasteiger partial charge on any atom is -0.431 e. The molecule has 11 atom stereocenters. The number of aliphatic hydroxyl groups is 1. The molecule has 0 aliphatic heterocycles. The Kier molecular flexibility index (Phi) is 13.2. The number of rotatable bonds is 15. The van der Waals surface area contributed by atoms with Crippen molar-refractivity contribution < 1.29 is 42.4 Å². The summed E-state index contributed by atoms with van der Waals surface area (Å²) < 4.78 is 33.3. The molecule has 9 nitrogen and oxygen atoms in total. The monoisotopic (exact) mass is 696 g/mol. The Morgan fingerprint density at radius 2 is 1.77 bits per heavy atom. The summed E-state index contributed by atoms with van der Waals surface area (Å²) in [5, 5.41) is 10.2. The number of fused-ring (bicyclic) bond motifs is 5. The van der Waals surface area contributed by atoms with Crippen LogP contribution in [-0.2, 0) is 23.1 Å². The Hall–Kier alpha value is -1.22. The van der Waals surface area contributed by atoms with Crippen LogP contribution in [0, 0.1) is 52.3 Å². The highest BCUT2D eigenvalue weighted by molar-refractivity contribution is 7.47. The molecular formula is C38H67NO8P+. The van der Waals surface area contributed by atoms with Gasteiger partial charge in [0.1, 0.15) is 32.0 Å². The number of carbonyl (C=O) groups is 1. The predicted molar refractivity (Wildman–Crippen MR) is 189 cm³/mol. The van der Waals surface area contributed by atoms with E-state index in [0.29, 0.717) is 40.1 Å². The molecule has 0 saturated heterocycles. The number of ether oxygens (including phenoxy) is 2. The summed E-state index contributed by atoms with van der Waals surface area (Å²) in [4.78, 5) is 22.4. The first-order chi connectivity index (χ1) is 22.4. The summed E-state index contributed by atoms with van der Waals surface area (Å²) in [7, 11) is 1.49. The van der Waals surface area contributed by atoms with Gasteiger partial charge in [-0.1, -0.05) is 65.3 Å². The molecule has 5 unspecified atom stereocenters. The van der Waals surface area contributed by atoms with Crippen LogP contribution in [0.2, 0.25) is 0 Å². The minimum absolute atomic E-state index is 0.0319. The fourth-order valence-corrected chi connectivity index (χ4v) is 10.7. The number of phosphoric acid groups is 1. The Labute approximate surface area is 291 Å². The van der Waals surface area contributed by atoms with Crippen molar-refractivity contribution in [2.24, 2.45) is 52.3 Å². The Bertz CT molecular complexity index is 1200. The molecule has 4 aliphatic rings. The van der Waals surface area contributed by atoms with Gasteiger partial charge in [-0.15, -0.1) is 0 Å². The number of nitrogens with zero attached hydrogens (tertiary/aromatic N) is 1. The lowest BCUT2D eigenvalue weighted by molar-refractivity contribution is -0.870. The molecule has 276 valence electrons. The van der Waals surface area contributed by atoms with Gasteiger partial charge in [0.25, 0.3) is 0 Å². The maximum absolute atomic E-state index is 12.5. The second-order valence-electron chi connectivity index (χ2n) is 17.4. The number of allylic oxidation sites excluding steroid dienone is 3. The topological polar surface area (TPSA) is 112 Å². The molecule has 0 amide bonds. The zero-order valence-corrected chi connectivity index (χ0v) is 32.3. The molecule has 3 saturated carbocycles. The van der Waals surface area contributed by atoms with Crippen molar-refractivity contribution in [1.29, 1.82) is 0 Å². The van der Waals surface area contributed by atoms with E-state index in [1.54, 1.807) is 0 Å². The van der Waals surface area contributed by atoms with Gasteiger partial charge < -0.3 is 24.0 Å². The van der Waals surface area contributed by atoms with Gasteiger partial charge in [-0.05, 0) is 104 Å². The number of hydrogen-bond donors (Lipinski definition) is 2. The van der Waals surface area contributed by atoms with Gasteiger partial charge in [0.15, 0.2) is 0 Å². The zero-order chi connectivity index (χ0) is 35.5. The smallest absolute Gasteiger partial charge is 0.431 e. The van der Waals surface area contributed by atoms with Crippen LogP contribution < -0.4 is 0 Å². The fourth-order valence-electron chi connectivity index (χ4n) is 9.94. The summed E-state index contributed by atoms with van der Waals surface area (Å²) in [5.41, 5.74) is 1.97. The highest BCUT2D eigenvalue weighted by Crippen LogP contribution is 2.67. The molecule has 4 rings (SSSR count). The Morgan fingerprint density at radius 1 is 1.04 bits per heavy atom. The summed E-state index contributed by atoms with van der Waals surface area (Å²) in [5.74, 6) is 4.89. The molecule has 0 aromatic carbocycles. The SMILES string of the molecule is CC[C@H](C=C[C@@H](C)[C@H]1CCC2C3CC=C4C[C@@H](OC(=O)OCC(O)COP(=O)(O)OCC[N+](C)(C)C)CC[C@]4(C)C3CC[C@@]21C)C(C)C. The summed E-state index contributed by atoms with van der Waals surface area (Å²) in [6.45, 7) is 14.2. The van der Waals surface area contributed by atoms with Gasteiger partial charge in [0.05, 0.1) is 27.7 Å². The van der Waals surface area contributed by atoms with E-state index >= 15 is 0 Å². The first-order valence-electron chi connectivity index (χ1n) is 18.7. The molecule has 4 aliphatic carbocycles. The molecule has 10 heteroatoms. The number of aliphatic hydroxyl groups excluding tert-OH is 1. The molecule has 2 N–H and O–H groups in total. The van der Waals surface area contributed by atoms with E-state index in [2.05, 4.69) is 59.8 Å². The van der Waals surface area contributed by atoms with Crippen LogP contribution in [0.4, 0.5) is 4.79 Å². The predicted octanol–water partition coefficient (Wildman–Crippen LogP) is 8.16. The van der Waals surface area contributed by atoms with Crippen LogP contribution >= 0.6 is 7.82 Å². The summed E-state index contributed by atoms with van der Waals surface area (Å²) in [6, 6.07) is 0. The Balaban J connectivity index is 1.26. The van der Waals surface area contributed by atoms with Crippen LogP contribution in [0.3, 0.4) is 0 Å². The van der Waals surface area contributed by atoms with E-state index in [1.165, 1.54) is 37.7 Å². The average Bonchev–Trinajstić information content (AvgIpc) is 3.36. The lowest BCUT2D eigenvalue weighted by atomic mass is 9.47. The molecule has 0 spiro atoms. The van der Waals surface area contributed by atoms with Crippen LogP contribution in [-0.4, -0.2) is 80.4 Å². The molecular weight excluding hydrogens is 629 g/mol. The largest absolute Gasteiger partial charge is 0.508 e. The van der Waals surface area contributed by atoms with Crippen molar-refractivity contribution in [3.05, 3.63) is 23.8 Å². The normalized spacial score (nSPS) is 35.2. The maximum atomic E-state index is 12.5. The van der Waals surface area contributed by atoms with Gasteiger partial charge in [0, 0.05) is 6.42 Å². The maximum Gasteiger partial charge on any atom is 0.508 e. The highest BCUT2D eigenvalue weighted by atomic mass is 31.2. The van der Waals surface area contributed by atoms with E-state index in [-0.39, 0.29) is 18.1 Å². The highest BCUT2D eigenvalue weighted by Gasteiger charge is 2.59. The van der Waals surface area contributed by atoms with E-state index in [9.17, 15) is 19.4 Å². The molecule has 48 heavy (non-hydrogen) atoms. The standard InChI is InChI=1S/C38H66NO8P/c1-10-28(26(2)3)12-11-27(4)33-15-16-34-32-14-13-29-23-31(17-19-37(29,5)35(32)18-20-38(33,34)6)47-36(41)44-24-30(40)25-46-48(42,43)45-22-21-39(7,8)9/h11-13,26-28,30-35,40H,10,14-25H2,1-9H3/p+1/t27-,28-,30?,31+,32?,33-,34?,35?,37+,38-/m1/s1.